The molecule has 0 unspecified atom stereocenters. The van der Waals surface area contributed by atoms with E-state index >= 15 is 0 Å². The summed E-state index contributed by atoms with van der Waals surface area (Å²) in [6.07, 6.45) is 0.112. The highest BCUT2D eigenvalue weighted by molar-refractivity contribution is 5.76. The second-order valence-electron chi connectivity index (χ2n) is 5.48. The molecule has 0 aromatic carbocycles. The number of likely N-dealkylation sites (tertiary alicyclic amines) is 1. The molecule has 0 bridgehead atoms. The molecule has 0 aromatic heterocycles. The zero-order chi connectivity index (χ0) is 13.9. The van der Waals surface area contributed by atoms with Gasteiger partial charge in [0.1, 0.15) is 0 Å². The standard InChI is InChI=1S/C12H22N2O4/c1-4-13(8-12(2,3)18)11(17)14-6-9(7-14)5-10(15)16/h9,18H,4-8H2,1-3H3,(H,15,16). The van der Waals surface area contributed by atoms with Crippen molar-refractivity contribution in [2.45, 2.75) is 32.8 Å². The van der Waals surface area contributed by atoms with Crippen molar-refractivity contribution in [3.63, 3.8) is 0 Å². The maximum absolute atomic E-state index is 12.1. The molecule has 1 aliphatic rings. The number of nitrogens with zero attached hydrogens (tertiary/aromatic N) is 2. The highest BCUT2D eigenvalue weighted by Crippen LogP contribution is 2.21. The number of carbonyl (C=O) groups excluding carboxylic acids is 1. The normalized spacial score (nSPS) is 16.3. The summed E-state index contributed by atoms with van der Waals surface area (Å²) in [6.45, 7) is 6.98. The van der Waals surface area contributed by atoms with E-state index in [0.717, 1.165) is 0 Å². The zero-order valence-electron chi connectivity index (χ0n) is 11.2. The van der Waals surface area contributed by atoms with Crippen molar-refractivity contribution in [2.75, 3.05) is 26.2 Å². The number of urea groups is 1. The van der Waals surface area contributed by atoms with Gasteiger partial charge in [0.05, 0.1) is 18.6 Å². The van der Waals surface area contributed by atoms with Crippen molar-refractivity contribution < 1.29 is 19.8 Å². The van der Waals surface area contributed by atoms with Crippen LogP contribution in [-0.2, 0) is 4.79 Å². The van der Waals surface area contributed by atoms with Gasteiger partial charge < -0.3 is 20.0 Å². The molecule has 0 aromatic rings. The molecule has 0 saturated carbocycles. The number of carbonyl (C=O) groups is 2. The lowest BCUT2D eigenvalue weighted by molar-refractivity contribution is -0.139. The molecule has 0 atom stereocenters. The van der Waals surface area contributed by atoms with Crippen molar-refractivity contribution in [3.05, 3.63) is 0 Å². The number of carboxylic acids is 1. The first-order valence-electron chi connectivity index (χ1n) is 6.21. The molecule has 1 rings (SSSR count). The Morgan fingerprint density at radius 1 is 1.39 bits per heavy atom. The molecule has 0 radical (unpaired) electrons. The molecule has 1 fully saturated rings. The van der Waals surface area contributed by atoms with Crippen molar-refractivity contribution in [2.24, 2.45) is 5.92 Å². The summed E-state index contributed by atoms with van der Waals surface area (Å²) in [5, 5.41) is 18.4. The van der Waals surface area contributed by atoms with Crippen LogP contribution in [0.25, 0.3) is 0 Å². The maximum Gasteiger partial charge on any atom is 0.320 e. The van der Waals surface area contributed by atoms with E-state index in [1.165, 1.54) is 0 Å². The molecule has 1 saturated heterocycles. The summed E-state index contributed by atoms with van der Waals surface area (Å²) in [5.41, 5.74) is -0.920. The highest BCUT2D eigenvalue weighted by atomic mass is 16.4. The quantitative estimate of drug-likeness (QED) is 0.757. The summed E-state index contributed by atoms with van der Waals surface area (Å²) < 4.78 is 0. The largest absolute Gasteiger partial charge is 0.481 e. The number of amides is 2. The minimum absolute atomic E-state index is 0.0623. The molecule has 104 valence electrons. The molecule has 6 nitrogen and oxygen atoms in total. The molecule has 0 spiro atoms. The van der Waals surface area contributed by atoms with Gasteiger partial charge in [-0.15, -0.1) is 0 Å². The smallest absolute Gasteiger partial charge is 0.320 e. The SMILES string of the molecule is CCN(CC(C)(C)O)C(=O)N1CC(CC(=O)O)C1. The molecule has 0 aliphatic carbocycles. The maximum atomic E-state index is 12.1. The minimum atomic E-state index is -0.920. The Bertz CT molecular complexity index is 319. The molecule has 1 heterocycles. The third kappa shape index (κ3) is 4.18. The second-order valence-corrected chi connectivity index (χ2v) is 5.48. The Labute approximate surface area is 107 Å². The lowest BCUT2D eigenvalue weighted by atomic mass is 9.97. The molecule has 2 N–H and O–H groups in total. The third-order valence-electron chi connectivity index (χ3n) is 2.92. The first-order valence-corrected chi connectivity index (χ1v) is 6.21. The number of rotatable bonds is 5. The summed E-state index contributed by atoms with van der Waals surface area (Å²) in [4.78, 5) is 25.8. The van der Waals surface area contributed by atoms with Gasteiger partial charge in [0.2, 0.25) is 0 Å². The fourth-order valence-corrected chi connectivity index (χ4v) is 2.08. The number of hydrogen-bond donors (Lipinski definition) is 2. The Morgan fingerprint density at radius 2 is 1.94 bits per heavy atom. The van der Waals surface area contributed by atoms with Crippen LogP contribution in [0.2, 0.25) is 0 Å². The van der Waals surface area contributed by atoms with Crippen LogP contribution in [0.15, 0.2) is 0 Å². The molecule has 1 aliphatic heterocycles. The second kappa shape index (κ2) is 5.56. The Balaban J connectivity index is 2.43. The van der Waals surface area contributed by atoms with Crippen molar-refractivity contribution >= 4 is 12.0 Å². The summed E-state index contributed by atoms with van der Waals surface area (Å²) >= 11 is 0. The Hall–Kier alpha value is -1.30. The number of aliphatic hydroxyl groups is 1. The van der Waals surface area contributed by atoms with Crippen LogP contribution in [0.4, 0.5) is 4.79 Å². The predicted molar refractivity (Wildman–Crippen MR) is 66.3 cm³/mol. The van der Waals surface area contributed by atoms with Crippen LogP contribution < -0.4 is 0 Å². The summed E-state index contributed by atoms with van der Waals surface area (Å²) in [5.74, 6) is -0.761. The minimum Gasteiger partial charge on any atom is -0.481 e. The average Bonchev–Trinajstić information content (AvgIpc) is 2.16. The van der Waals surface area contributed by atoms with E-state index in [0.29, 0.717) is 19.6 Å². The van der Waals surface area contributed by atoms with Crippen LogP contribution in [-0.4, -0.2) is 63.8 Å². The van der Waals surface area contributed by atoms with Gasteiger partial charge in [-0.1, -0.05) is 0 Å². The van der Waals surface area contributed by atoms with Crippen LogP contribution in [0, 0.1) is 5.92 Å². The van der Waals surface area contributed by atoms with E-state index in [1.54, 1.807) is 23.6 Å². The number of carboxylic acid groups (broad SMARTS) is 1. The first-order chi connectivity index (χ1) is 8.23. The van der Waals surface area contributed by atoms with Crippen molar-refractivity contribution in [3.8, 4) is 0 Å². The fourth-order valence-electron chi connectivity index (χ4n) is 2.08. The van der Waals surface area contributed by atoms with Crippen molar-refractivity contribution in [1.82, 2.24) is 9.80 Å². The van der Waals surface area contributed by atoms with Gasteiger partial charge in [-0.05, 0) is 20.8 Å². The van der Waals surface area contributed by atoms with Gasteiger partial charge in [-0.25, -0.2) is 4.79 Å². The molecule has 6 heteroatoms. The third-order valence-corrected chi connectivity index (χ3v) is 2.92. The Kier molecular flexibility index (Phi) is 4.56. The highest BCUT2D eigenvalue weighted by Gasteiger charge is 2.35. The molecular formula is C12H22N2O4. The van der Waals surface area contributed by atoms with Crippen LogP contribution >= 0.6 is 0 Å². The number of hydrogen-bond acceptors (Lipinski definition) is 3. The first kappa shape index (κ1) is 14.8. The van der Waals surface area contributed by atoms with Crippen molar-refractivity contribution in [1.29, 1.82) is 0 Å². The van der Waals surface area contributed by atoms with E-state index in [2.05, 4.69) is 0 Å². The van der Waals surface area contributed by atoms with Gasteiger partial charge in [-0.2, -0.15) is 0 Å². The average molecular weight is 258 g/mol. The number of aliphatic carboxylic acids is 1. The van der Waals surface area contributed by atoms with Gasteiger partial charge in [0.25, 0.3) is 0 Å². The fraction of sp³-hybridized carbons (Fsp3) is 0.833. The van der Waals surface area contributed by atoms with E-state index in [1.807, 2.05) is 6.92 Å². The summed E-state index contributed by atoms with van der Waals surface area (Å²) in [6, 6.07) is -0.124. The zero-order valence-corrected chi connectivity index (χ0v) is 11.2. The molecular weight excluding hydrogens is 236 g/mol. The summed E-state index contributed by atoms with van der Waals surface area (Å²) in [7, 11) is 0. The molecule has 2 amide bonds. The number of likely N-dealkylation sites (N-methyl/N-ethyl adjacent to an activating group) is 1. The topological polar surface area (TPSA) is 81.1 Å². The van der Waals surface area contributed by atoms with E-state index in [4.69, 9.17) is 5.11 Å². The molecule has 18 heavy (non-hydrogen) atoms. The van der Waals surface area contributed by atoms with E-state index in [-0.39, 0.29) is 24.9 Å². The van der Waals surface area contributed by atoms with Gasteiger partial charge in [0, 0.05) is 25.6 Å². The van der Waals surface area contributed by atoms with Crippen LogP contribution in [0.3, 0.4) is 0 Å². The van der Waals surface area contributed by atoms with Crippen LogP contribution in [0.5, 0.6) is 0 Å². The van der Waals surface area contributed by atoms with Crippen LogP contribution in [0.1, 0.15) is 27.2 Å². The van der Waals surface area contributed by atoms with Gasteiger partial charge in [0.15, 0.2) is 0 Å². The monoisotopic (exact) mass is 258 g/mol. The lowest BCUT2D eigenvalue weighted by Crippen LogP contribution is -2.57. The lowest BCUT2D eigenvalue weighted by Gasteiger charge is -2.42. The van der Waals surface area contributed by atoms with E-state index in [9.17, 15) is 14.7 Å². The van der Waals surface area contributed by atoms with Gasteiger partial charge >= 0.3 is 12.0 Å². The van der Waals surface area contributed by atoms with E-state index < -0.39 is 11.6 Å². The predicted octanol–water partition coefficient (Wildman–Crippen LogP) is 0.606. The van der Waals surface area contributed by atoms with Gasteiger partial charge in [-0.3, -0.25) is 4.79 Å². The Morgan fingerprint density at radius 3 is 2.33 bits per heavy atom.